The predicted molar refractivity (Wildman–Crippen MR) is 82.4 cm³/mol. The molecule has 4 heteroatoms. The highest BCUT2D eigenvalue weighted by molar-refractivity contribution is 9.10. The Bertz CT molecular complexity index is 389. The number of benzene rings is 1. The summed E-state index contributed by atoms with van der Waals surface area (Å²) in [6.45, 7) is 5.15. The van der Waals surface area contributed by atoms with E-state index in [2.05, 4.69) is 52.1 Å². The number of halogens is 1. The number of nitrogens with one attached hydrogen (secondary N) is 1. The molecule has 1 aromatic rings. The Morgan fingerprint density at radius 2 is 2.06 bits per heavy atom. The van der Waals surface area contributed by atoms with Gasteiger partial charge in [0.25, 0.3) is 0 Å². The van der Waals surface area contributed by atoms with Gasteiger partial charge in [0.1, 0.15) is 0 Å². The SMILES string of the molecule is CCC(C)(CO)CNc1cc(Br)ccc1N(C)C. The van der Waals surface area contributed by atoms with Crippen molar-refractivity contribution in [2.24, 2.45) is 5.41 Å². The molecule has 102 valence electrons. The maximum Gasteiger partial charge on any atom is 0.0597 e. The van der Waals surface area contributed by atoms with Gasteiger partial charge in [-0.25, -0.2) is 0 Å². The summed E-state index contributed by atoms with van der Waals surface area (Å²) in [6, 6.07) is 6.18. The second kappa shape index (κ2) is 6.43. The molecule has 0 fully saturated rings. The zero-order chi connectivity index (χ0) is 13.8. The zero-order valence-electron chi connectivity index (χ0n) is 11.6. The first-order valence-electron chi connectivity index (χ1n) is 6.23. The van der Waals surface area contributed by atoms with Crippen LogP contribution in [-0.2, 0) is 0 Å². The standard InChI is InChI=1S/C14H23BrN2O/c1-5-14(2,10-18)9-16-12-8-11(15)6-7-13(12)17(3)4/h6-8,16,18H,5,9-10H2,1-4H3. The van der Waals surface area contributed by atoms with E-state index in [1.165, 1.54) is 0 Å². The van der Waals surface area contributed by atoms with Crippen LogP contribution in [0.3, 0.4) is 0 Å². The Labute approximate surface area is 118 Å². The molecule has 0 saturated carbocycles. The van der Waals surface area contributed by atoms with E-state index >= 15 is 0 Å². The van der Waals surface area contributed by atoms with Crippen LogP contribution in [0.25, 0.3) is 0 Å². The number of hydrogen-bond donors (Lipinski definition) is 2. The minimum absolute atomic E-state index is 0.0775. The minimum Gasteiger partial charge on any atom is -0.396 e. The number of aliphatic hydroxyl groups is 1. The molecule has 0 aromatic heterocycles. The van der Waals surface area contributed by atoms with Crippen molar-refractivity contribution in [3.8, 4) is 0 Å². The Balaban J connectivity index is 2.86. The molecular formula is C14H23BrN2O. The van der Waals surface area contributed by atoms with Crippen LogP contribution in [0.15, 0.2) is 22.7 Å². The number of anilines is 2. The summed E-state index contributed by atoms with van der Waals surface area (Å²) in [5.41, 5.74) is 2.16. The zero-order valence-corrected chi connectivity index (χ0v) is 13.2. The van der Waals surface area contributed by atoms with Gasteiger partial charge in [-0.1, -0.05) is 29.8 Å². The molecule has 0 spiro atoms. The maximum atomic E-state index is 9.44. The predicted octanol–water partition coefficient (Wildman–Crippen LogP) is 3.34. The molecule has 1 unspecified atom stereocenters. The van der Waals surface area contributed by atoms with Gasteiger partial charge in [0, 0.05) is 30.5 Å². The number of aliphatic hydroxyl groups excluding tert-OH is 1. The van der Waals surface area contributed by atoms with Crippen LogP contribution in [0, 0.1) is 5.41 Å². The van der Waals surface area contributed by atoms with E-state index in [9.17, 15) is 5.11 Å². The third-order valence-electron chi connectivity index (χ3n) is 3.38. The molecule has 1 aromatic carbocycles. The molecule has 0 aliphatic rings. The first kappa shape index (κ1) is 15.3. The van der Waals surface area contributed by atoms with Crippen LogP contribution < -0.4 is 10.2 Å². The Kier molecular flexibility index (Phi) is 5.47. The van der Waals surface area contributed by atoms with Gasteiger partial charge in [0.2, 0.25) is 0 Å². The van der Waals surface area contributed by atoms with Gasteiger partial charge in [-0.2, -0.15) is 0 Å². The van der Waals surface area contributed by atoms with Gasteiger partial charge in [-0.15, -0.1) is 0 Å². The maximum absolute atomic E-state index is 9.44. The molecule has 0 heterocycles. The molecule has 1 atom stereocenters. The fourth-order valence-electron chi connectivity index (χ4n) is 1.64. The van der Waals surface area contributed by atoms with Crippen LogP contribution in [-0.4, -0.2) is 32.4 Å². The van der Waals surface area contributed by atoms with Crippen molar-refractivity contribution in [3.63, 3.8) is 0 Å². The lowest BCUT2D eigenvalue weighted by Crippen LogP contribution is -2.30. The van der Waals surface area contributed by atoms with Crippen LogP contribution >= 0.6 is 15.9 Å². The van der Waals surface area contributed by atoms with Crippen LogP contribution in [0.5, 0.6) is 0 Å². The topological polar surface area (TPSA) is 35.5 Å². The lowest BCUT2D eigenvalue weighted by atomic mass is 9.88. The van der Waals surface area contributed by atoms with Crippen molar-refractivity contribution in [1.82, 2.24) is 0 Å². The summed E-state index contributed by atoms with van der Waals surface area (Å²) in [5, 5.41) is 12.9. The van der Waals surface area contributed by atoms with Gasteiger partial charge in [0.05, 0.1) is 18.0 Å². The molecule has 0 radical (unpaired) electrons. The molecule has 0 aliphatic carbocycles. The van der Waals surface area contributed by atoms with Crippen LogP contribution in [0.2, 0.25) is 0 Å². The average molecular weight is 315 g/mol. The Hall–Kier alpha value is -0.740. The van der Waals surface area contributed by atoms with Crippen molar-refractivity contribution in [2.75, 3.05) is 37.5 Å². The first-order chi connectivity index (χ1) is 8.41. The fraction of sp³-hybridized carbons (Fsp3) is 0.571. The minimum atomic E-state index is -0.0775. The molecule has 0 amide bonds. The van der Waals surface area contributed by atoms with Crippen LogP contribution in [0.1, 0.15) is 20.3 Å². The second-order valence-corrected chi connectivity index (χ2v) is 6.15. The van der Waals surface area contributed by atoms with Crippen molar-refractivity contribution in [1.29, 1.82) is 0 Å². The van der Waals surface area contributed by atoms with E-state index in [0.717, 1.165) is 28.8 Å². The number of hydrogen-bond acceptors (Lipinski definition) is 3. The fourth-order valence-corrected chi connectivity index (χ4v) is 2.00. The van der Waals surface area contributed by atoms with Crippen molar-refractivity contribution in [2.45, 2.75) is 20.3 Å². The number of rotatable bonds is 6. The van der Waals surface area contributed by atoms with Crippen molar-refractivity contribution >= 4 is 27.3 Å². The largest absolute Gasteiger partial charge is 0.396 e. The van der Waals surface area contributed by atoms with E-state index in [1.807, 2.05) is 20.2 Å². The van der Waals surface area contributed by atoms with Gasteiger partial charge in [-0.3, -0.25) is 0 Å². The normalized spacial score (nSPS) is 14.1. The number of nitrogens with zero attached hydrogens (tertiary/aromatic N) is 1. The van der Waals surface area contributed by atoms with Gasteiger partial charge in [-0.05, 0) is 24.6 Å². The lowest BCUT2D eigenvalue weighted by Gasteiger charge is -2.28. The molecule has 2 N–H and O–H groups in total. The first-order valence-corrected chi connectivity index (χ1v) is 7.03. The van der Waals surface area contributed by atoms with Gasteiger partial charge in [0.15, 0.2) is 0 Å². The van der Waals surface area contributed by atoms with Crippen molar-refractivity contribution in [3.05, 3.63) is 22.7 Å². The third kappa shape index (κ3) is 3.89. The average Bonchev–Trinajstić information content (AvgIpc) is 2.35. The monoisotopic (exact) mass is 314 g/mol. The summed E-state index contributed by atoms with van der Waals surface area (Å²) in [5.74, 6) is 0. The summed E-state index contributed by atoms with van der Waals surface area (Å²) < 4.78 is 1.05. The van der Waals surface area contributed by atoms with Crippen molar-refractivity contribution < 1.29 is 5.11 Å². The molecular weight excluding hydrogens is 292 g/mol. The quantitative estimate of drug-likeness (QED) is 0.845. The third-order valence-corrected chi connectivity index (χ3v) is 3.87. The van der Waals surface area contributed by atoms with E-state index < -0.39 is 0 Å². The lowest BCUT2D eigenvalue weighted by molar-refractivity contribution is 0.149. The molecule has 0 saturated heterocycles. The molecule has 0 aliphatic heterocycles. The van der Waals surface area contributed by atoms with Gasteiger partial charge < -0.3 is 15.3 Å². The summed E-state index contributed by atoms with van der Waals surface area (Å²) in [7, 11) is 4.05. The molecule has 1 rings (SSSR count). The highest BCUT2D eigenvalue weighted by atomic mass is 79.9. The van der Waals surface area contributed by atoms with E-state index in [4.69, 9.17) is 0 Å². The summed E-state index contributed by atoms with van der Waals surface area (Å²) >= 11 is 3.49. The molecule has 3 nitrogen and oxygen atoms in total. The summed E-state index contributed by atoms with van der Waals surface area (Å²) in [4.78, 5) is 2.08. The van der Waals surface area contributed by atoms with E-state index in [-0.39, 0.29) is 12.0 Å². The summed E-state index contributed by atoms with van der Waals surface area (Å²) in [6.07, 6.45) is 0.946. The Morgan fingerprint density at radius 3 is 2.56 bits per heavy atom. The highest BCUT2D eigenvalue weighted by Crippen LogP contribution is 2.30. The van der Waals surface area contributed by atoms with E-state index in [0.29, 0.717) is 0 Å². The Morgan fingerprint density at radius 1 is 1.39 bits per heavy atom. The van der Waals surface area contributed by atoms with E-state index in [1.54, 1.807) is 0 Å². The van der Waals surface area contributed by atoms with Crippen LogP contribution in [0.4, 0.5) is 11.4 Å². The second-order valence-electron chi connectivity index (χ2n) is 5.23. The molecule has 18 heavy (non-hydrogen) atoms. The smallest absolute Gasteiger partial charge is 0.0597 e. The highest BCUT2D eigenvalue weighted by Gasteiger charge is 2.21. The molecule has 0 bridgehead atoms. The van der Waals surface area contributed by atoms with Gasteiger partial charge >= 0.3 is 0 Å².